The molecular weight excluding hydrogens is 326 g/mol. The zero-order valence-electron chi connectivity index (χ0n) is 13.6. The molecule has 0 aliphatic rings. The van der Waals surface area contributed by atoms with E-state index in [-0.39, 0.29) is 17.7 Å². The maximum absolute atomic E-state index is 13.3. The zero-order chi connectivity index (χ0) is 18.0. The Bertz CT molecular complexity index is 956. The van der Waals surface area contributed by atoms with E-state index in [1.165, 1.54) is 6.07 Å². The highest BCUT2D eigenvalue weighted by molar-refractivity contribution is 5.78. The van der Waals surface area contributed by atoms with Gasteiger partial charge in [-0.25, -0.2) is 8.78 Å². The van der Waals surface area contributed by atoms with Gasteiger partial charge in [-0.1, -0.05) is 24.3 Å². The van der Waals surface area contributed by atoms with E-state index in [1.54, 1.807) is 13.0 Å². The molecular formula is C19H18F2N2O2. The van der Waals surface area contributed by atoms with Crippen LogP contribution < -0.4 is 10.9 Å². The standard InChI is InChI=1S/C19H18F2N2O2/c1-11(18(24)13-6-7-15(20)16(21)9-13)22-10-14-8-12-4-2-3-5-17(12)23-19(14)25/h2-9,11,18,22,24H,10H2,1H3,(H,23,25). The van der Waals surface area contributed by atoms with Crippen molar-refractivity contribution in [2.75, 3.05) is 0 Å². The van der Waals surface area contributed by atoms with Crippen LogP contribution in [0.4, 0.5) is 8.78 Å². The summed E-state index contributed by atoms with van der Waals surface area (Å²) in [6.07, 6.45) is -1.03. The molecule has 2 unspecified atom stereocenters. The van der Waals surface area contributed by atoms with Crippen molar-refractivity contribution in [3.8, 4) is 0 Å². The monoisotopic (exact) mass is 344 g/mol. The summed E-state index contributed by atoms with van der Waals surface area (Å²) < 4.78 is 26.3. The number of rotatable bonds is 5. The normalized spacial score (nSPS) is 13.8. The second kappa shape index (κ2) is 7.13. The third kappa shape index (κ3) is 3.75. The Morgan fingerprint density at radius 2 is 1.88 bits per heavy atom. The summed E-state index contributed by atoms with van der Waals surface area (Å²) in [5.41, 5.74) is 1.35. The molecule has 0 fully saturated rings. The Balaban J connectivity index is 1.73. The predicted molar refractivity (Wildman–Crippen MR) is 92.2 cm³/mol. The Morgan fingerprint density at radius 1 is 1.12 bits per heavy atom. The number of benzene rings is 2. The molecule has 2 aromatic carbocycles. The summed E-state index contributed by atoms with van der Waals surface area (Å²) in [4.78, 5) is 14.9. The van der Waals surface area contributed by atoms with Gasteiger partial charge in [0.1, 0.15) is 0 Å². The molecule has 2 atom stereocenters. The van der Waals surface area contributed by atoms with E-state index in [9.17, 15) is 18.7 Å². The minimum Gasteiger partial charge on any atom is -0.387 e. The van der Waals surface area contributed by atoms with Crippen molar-refractivity contribution in [2.24, 2.45) is 0 Å². The van der Waals surface area contributed by atoms with Gasteiger partial charge in [-0.05, 0) is 42.1 Å². The van der Waals surface area contributed by atoms with Crippen LogP contribution in [0.15, 0.2) is 53.3 Å². The number of aromatic nitrogens is 1. The summed E-state index contributed by atoms with van der Waals surface area (Å²) in [6, 6.07) is 12.1. The largest absolute Gasteiger partial charge is 0.387 e. The van der Waals surface area contributed by atoms with Gasteiger partial charge in [-0.2, -0.15) is 0 Å². The minimum atomic E-state index is -1.03. The van der Waals surface area contributed by atoms with Gasteiger partial charge in [0.2, 0.25) is 0 Å². The number of hydrogen-bond acceptors (Lipinski definition) is 3. The molecule has 1 aromatic heterocycles. The lowest BCUT2D eigenvalue weighted by Gasteiger charge is -2.21. The molecule has 4 nitrogen and oxygen atoms in total. The van der Waals surface area contributed by atoms with Crippen molar-refractivity contribution in [2.45, 2.75) is 25.6 Å². The second-order valence-electron chi connectivity index (χ2n) is 6.00. The minimum absolute atomic E-state index is 0.208. The number of aromatic amines is 1. The molecule has 1 heterocycles. The average Bonchev–Trinajstić information content (AvgIpc) is 2.61. The third-order valence-electron chi connectivity index (χ3n) is 4.20. The molecule has 0 aliphatic carbocycles. The van der Waals surface area contributed by atoms with Crippen LogP contribution in [0.5, 0.6) is 0 Å². The van der Waals surface area contributed by atoms with Crippen molar-refractivity contribution in [1.29, 1.82) is 0 Å². The number of halogens is 2. The van der Waals surface area contributed by atoms with Crippen molar-refractivity contribution >= 4 is 10.9 Å². The van der Waals surface area contributed by atoms with E-state index >= 15 is 0 Å². The van der Waals surface area contributed by atoms with Crippen LogP contribution in [-0.4, -0.2) is 16.1 Å². The quantitative estimate of drug-likeness (QED) is 0.667. The second-order valence-corrected chi connectivity index (χ2v) is 6.00. The highest BCUT2D eigenvalue weighted by Gasteiger charge is 2.18. The highest BCUT2D eigenvalue weighted by atomic mass is 19.2. The summed E-state index contributed by atoms with van der Waals surface area (Å²) in [6.45, 7) is 1.95. The first-order valence-electron chi connectivity index (χ1n) is 7.93. The van der Waals surface area contributed by atoms with Crippen LogP contribution in [0.25, 0.3) is 10.9 Å². The fourth-order valence-electron chi connectivity index (χ4n) is 2.69. The summed E-state index contributed by atoms with van der Waals surface area (Å²) in [5, 5.41) is 14.2. The Hall–Kier alpha value is -2.57. The number of aliphatic hydroxyl groups excluding tert-OH is 1. The van der Waals surface area contributed by atoms with E-state index in [0.29, 0.717) is 5.56 Å². The zero-order valence-corrected chi connectivity index (χ0v) is 13.6. The van der Waals surface area contributed by atoms with Gasteiger partial charge in [0.25, 0.3) is 5.56 Å². The number of aliphatic hydroxyl groups is 1. The van der Waals surface area contributed by atoms with Crippen molar-refractivity contribution in [3.05, 3.63) is 81.6 Å². The highest BCUT2D eigenvalue weighted by Crippen LogP contribution is 2.19. The van der Waals surface area contributed by atoms with Crippen LogP contribution in [-0.2, 0) is 6.54 Å². The SMILES string of the molecule is CC(NCc1cc2ccccc2[nH]c1=O)C(O)c1ccc(F)c(F)c1. The molecule has 0 aliphatic heterocycles. The van der Waals surface area contributed by atoms with Gasteiger partial charge in [0.05, 0.1) is 6.10 Å². The van der Waals surface area contributed by atoms with E-state index in [0.717, 1.165) is 23.0 Å². The number of fused-ring (bicyclic) bond motifs is 1. The first-order chi connectivity index (χ1) is 12.0. The molecule has 3 N–H and O–H groups in total. The third-order valence-corrected chi connectivity index (χ3v) is 4.20. The van der Waals surface area contributed by atoms with E-state index in [4.69, 9.17) is 0 Å². The molecule has 0 saturated heterocycles. The lowest BCUT2D eigenvalue weighted by atomic mass is 10.0. The average molecular weight is 344 g/mol. The number of nitrogens with one attached hydrogen (secondary N) is 2. The number of para-hydroxylation sites is 1. The van der Waals surface area contributed by atoms with Crippen LogP contribution >= 0.6 is 0 Å². The first-order valence-corrected chi connectivity index (χ1v) is 7.93. The van der Waals surface area contributed by atoms with Crippen molar-refractivity contribution < 1.29 is 13.9 Å². The van der Waals surface area contributed by atoms with Crippen LogP contribution in [0, 0.1) is 11.6 Å². The summed E-state index contributed by atoms with van der Waals surface area (Å²) >= 11 is 0. The van der Waals surface area contributed by atoms with Crippen molar-refractivity contribution in [3.63, 3.8) is 0 Å². The first kappa shape index (κ1) is 17.3. The van der Waals surface area contributed by atoms with Gasteiger partial charge in [0.15, 0.2) is 11.6 Å². The molecule has 0 amide bonds. The number of pyridine rings is 1. The van der Waals surface area contributed by atoms with E-state index in [1.807, 2.05) is 24.3 Å². The lowest BCUT2D eigenvalue weighted by Crippen LogP contribution is -2.33. The van der Waals surface area contributed by atoms with Crippen LogP contribution in [0.3, 0.4) is 0 Å². The summed E-state index contributed by atoms with van der Waals surface area (Å²) in [5.74, 6) is -1.96. The van der Waals surface area contributed by atoms with Gasteiger partial charge < -0.3 is 15.4 Å². The smallest absolute Gasteiger partial charge is 0.252 e. The fourth-order valence-corrected chi connectivity index (χ4v) is 2.69. The molecule has 3 rings (SSSR count). The maximum Gasteiger partial charge on any atom is 0.252 e. The maximum atomic E-state index is 13.3. The van der Waals surface area contributed by atoms with Crippen LogP contribution in [0.2, 0.25) is 0 Å². The van der Waals surface area contributed by atoms with Gasteiger partial charge >= 0.3 is 0 Å². The van der Waals surface area contributed by atoms with Gasteiger partial charge in [-0.3, -0.25) is 4.79 Å². The molecule has 3 aromatic rings. The molecule has 0 bridgehead atoms. The Labute approximate surface area is 143 Å². The van der Waals surface area contributed by atoms with E-state index < -0.39 is 23.8 Å². The Morgan fingerprint density at radius 3 is 2.64 bits per heavy atom. The number of H-pyrrole nitrogens is 1. The molecule has 130 valence electrons. The molecule has 0 spiro atoms. The predicted octanol–water partition coefficient (Wildman–Crippen LogP) is 3.02. The van der Waals surface area contributed by atoms with E-state index in [2.05, 4.69) is 10.3 Å². The van der Waals surface area contributed by atoms with Gasteiger partial charge in [-0.15, -0.1) is 0 Å². The Kier molecular flexibility index (Phi) is 4.92. The molecule has 0 saturated carbocycles. The fraction of sp³-hybridized carbons (Fsp3) is 0.211. The van der Waals surface area contributed by atoms with Crippen LogP contribution in [0.1, 0.15) is 24.2 Å². The molecule has 0 radical (unpaired) electrons. The number of hydrogen-bond donors (Lipinski definition) is 3. The van der Waals surface area contributed by atoms with Gasteiger partial charge in [0, 0.05) is 23.7 Å². The molecule has 6 heteroatoms. The lowest BCUT2D eigenvalue weighted by molar-refractivity contribution is 0.135. The topological polar surface area (TPSA) is 65.1 Å². The summed E-state index contributed by atoms with van der Waals surface area (Å²) in [7, 11) is 0. The molecule has 25 heavy (non-hydrogen) atoms. The van der Waals surface area contributed by atoms with Crippen molar-refractivity contribution in [1.82, 2.24) is 10.3 Å².